The zero-order valence-electron chi connectivity index (χ0n) is 23.0. The van der Waals surface area contributed by atoms with Crippen LogP contribution in [0.15, 0.2) is 41.2 Å². The van der Waals surface area contributed by atoms with Crippen LogP contribution in [0.2, 0.25) is 0 Å². The molecule has 1 aromatic carbocycles. The van der Waals surface area contributed by atoms with Crippen LogP contribution in [-0.4, -0.2) is 71.8 Å². The molecule has 0 N–H and O–H groups in total. The molecule has 198 valence electrons. The summed E-state index contributed by atoms with van der Waals surface area (Å²) in [7, 11) is 5.71. The lowest BCUT2D eigenvalue weighted by molar-refractivity contribution is 0.119. The maximum atomic E-state index is 12.8. The topological polar surface area (TPSA) is 101 Å². The zero-order valence-corrected chi connectivity index (χ0v) is 23.0. The molecule has 1 fully saturated rings. The van der Waals surface area contributed by atoms with E-state index in [4.69, 9.17) is 4.74 Å². The molecule has 38 heavy (non-hydrogen) atoms. The molecule has 1 aliphatic rings. The van der Waals surface area contributed by atoms with Crippen LogP contribution in [-0.2, 0) is 7.05 Å². The van der Waals surface area contributed by atoms with Crippen LogP contribution in [0.4, 0.5) is 5.69 Å². The summed E-state index contributed by atoms with van der Waals surface area (Å²) in [6.45, 7) is 9.27. The molecule has 2 aromatic heterocycles. The summed E-state index contributed by atoms with van der Waals surface area (Å²) in [5.74, 6) is 0.615. The zero-order chi connectivity index (χ0) is 27.6. The number of hydrogen-bond acceptors (Lipinski definition) is 8. The van der Waals surface area contributed by atoms with Crippen molar-refractivity contribution in [2.45, 2.75) is 38.9 Å². The lowest BCUT2D eigenvalue weighted by Gasteiger charge is -2.47. The molecule has 3 aromatic rings. The van der Waals surface area contributed by atoms with E-state index in [1.165, 1.54) is 0 Å². The fourth-order valence-electron chi connectivity index (χ4n) is 5.16. The highest BCUT2D eigenvalue weighted by Gasteiger charge is 2.34. The van der Waals surface area contributed by atoms with Gasteiger partial charge in [-0.2, -0.15) is 10.5 Å². The lowest BCUT2D eigenvalue weighted by Crippen LogP contribution is -2.57. The number of benzene rings is 1. The number of anilines is 1. The second kappa shape index (κ2) is 11.2. The summed E-state index contributed by atoms with van der Waals surface area (Å²) in [4.78, 5) is 24.1. The molecule has 0 aliphatic carbocycles. The van der Waals surface area contributed by atoms with Gasteiger partial charge in [0.2, 0.25) is 0 Å². The van der Waals surface area contributed by atoms with Crippen molar-refractivity contribution in [2.75, 3.05) is 45.2 Å². The number of ether oxygens (including phenoxy) is 1. The number of rotatable bonds is 7. The van der Waals surface area contributed by atoms with Gasteiger partial charge in [0.15, 0.2) is 0 Å². The third-order valence-electron chi connectivity index (χ3n) is 7.43. The molecule has 4 rings (SSSR count). The first-order valence-corrected chi connectivity index (χ1v) is 12.9. The van der Waals surface area contributed by atoms with Crippen molar-refractivity contribution in [3.8, 4) is 17.9 Å². The van der Waals surface area contributed by atoms with E-state index in [1.54, 1.807) is 29.8 Å². The number of nitrogens with zero attached hydrogens (tertiary/aromatic N) is 7. The van der Waals surface area contributed by atoms with E-state index in [0.29, 0.717) is 41.2 Å². The lowest BCUT2D eigenvalue weighted by atomic mass is 9.99. The number of fused-ring (bicyclic) bond motifs is 1. The van der Waals surface area contributed by atoms with Gasteiger partial charge in [-0.1, -0.05) is 6.07 Å². The minimum Gasteiger partial charge on any atom is -0.491 e. The Hall–Kier alpha value is -3.92. The smallest absolute Gasteiger partial charge is 0.252 e. The summed E-state index contributed by atoms with van der Waals surface area (Å²) in [6.07, 6.45) is 0. The van der Waals surface area contributed by atoms with Gasteiger partial charge in [0.05, 0.1) is 16.8 Å². The predicted octanol–water partition coefficient (Wildman–Crippen LogP) is 3.28. The second-order valence-electron chi connectivity index (χ2n) is 10.3. The second-order valence-corrected chi connectivity index (χ2v) is 10.3. The minimum atomic E-state index is -0.103. The van der Waals surface area contributed by atoms with Crippen molar-refractivity contribution < 1.29 is 4.74 Å². The molecule has 3 heterocycles. The summed E-state index contributed by atoms with van der Waals surface area (Å²) in [6, 6.07) is 15.6. The first kappa shape index (κ1) is 27.1. The molecular weight excluding hydrogens is 478 g/mol. The number of nitriles is 2. The van der Waals surface area contributed by atoms with Gasteiger partial charge in [0.25, 0.3) is 5.56 Å². The van der Waals surface area contributed by atoms with Gasteiger partial charge in [-0.15, -0.1) is 0 Å². The van der Waals surface area contributed by atoms with Crippen LogP contribution in [0.5, 0.6) is 5.75 Å². The quantitative estimate of drug-likeness (QED) is 0.474. The number of pyridine rings is 2. The highest BCUT2D eigenvalue weighted by Crippen LogP contribution is 2.34. The highest BCUT2D eigenvalue weighted by atomic mass is 16.5. The fourth-order valence-corrected chi connectivity index (χ4v) is 5.16. The molecule has 1 aliphatic heterocycles. The van der Waals surface area contributed by atoms with Crippen LogP contribution >= 0.6 is 0 Å². The first-order chi connectivity index (χ1) is 18.1. The van der Waals surface area contributed by atoms with E-state index in [0.717, 1.165) is 24.3 Å². The van der Waals surface area contributed by atoms with Crippen molar-refractivity contribution in [1.29, 1.82) is 10.5 Å². The minimum absolute atomic E-state index is 0.0993. The van der Waals surface area contributed by atoms with Gasteiger partial charge in [-0.25, -0.2) is 4.98 Å². The van der Waals surface area contributed by atoms with Crippen molar-refractivity contribution in [1.82, 2.24) is 19.4 Å². The largest absolute Gasteiger partial charge is 0.491 e. The van der Waals surface area contributed by atoms with Gasteiger partial charge in [0, 0.05) is 50.9 Å². The highest BCUT2D eigenvalue weighted by molar-refractivity contribution is 5.89. The van der Waals surface area contributed by atoms with E-state index >= 15 is 0 Å². The molecule has 1 unspecified atom stereocenters. The molecule has 0 spiro atoms. The SMILES string of the molecule is CC(c1ccc(C#N)c(OCCN(C)C)c1)N1C[C@H](C)N(c2cc(=O)n(C)c3ccc(C#N)nc23)C[C@H]1C. The van der Waals surface area contributed by atoms with Gasteiger partial charge < -0.3 is 19.1 Å². The summed E-state index contributed by atoms with van der Waals surface area (Å²) < 4.78 is 7.54. The Morgan fingerprint density at radius 2 is 1.87 bits per heavy atom. The Labute approximate surface area is 224 Å². The normalized spacial score (nSPS) is 18.8. The standard InChI is InChI=1S/C29H35N7O2/c1-19-18-36(26-14-28(37)34(6)25-10-9-24(16-31)32-29(25)26)20(2)17-35(19)21(3)22-7-8-23(15-30)27(13-22)38-12-11-33(4)5/h7-10,13-14,19-21H,11-12,17-18H2,1-6H3/t19-,20+,21?/m1/s1. The Balaban J connectivity index is 1.60. The maximum Gasteiger partial charge on any atom is 0.252 e. The number of piperazine rings is 1. The number of hydrogen-bond donors (Lipinski definition) is 0. The molecule has 1 saturated heterocycles. The first-order valence-electron chi connectivity index (χ1n) is 12.9. The molecule has 0 amide bonds. The van der Waals surface area contributed by atoms with Gasteiger partial charge in [0.1, 0.15) is 35.7 Å². The Bertz CT molecular complexity index is 1470. The third kappa shape index (κ3) is 5.35. The number of aryl methyl sites for hydroxylation is 1. The summed E-state index contributed by atoms with van der Waals surface area (Å²) >= 11 is 0. The van der Waals surface area contributed by atoms with Crippen molar-refractivity contribution >= 4 is 16.7 Å². The van der Waals surface area contributed by atoms with Crippen LogP contribution in [0.1, 0.15) is 43.6 Å². The molecular formula is C29H35N7O2. The Morgan fingerprint density at radius 1 is 1.11 bits per heavy atom. The Morgan fingerprint density at radius 3 is 2.55 bits per heavy atom. The van der Waals surface area contributed by atoms with Gasteiger partial charge in [-0.3, -0.25) is 9.69 Å². The number of likely N-dealkylation sites (N-methyl/N-ethyl adjacent to an activating group) is 1. The van der Waals surface area contributed by atoms with Crippen LogP contribution in [0.25, 0.3) is 11.0 Å². The van der Waals surface area contributed by atoms with E-state index < -0.39 is 0 Å². The summed E-state index contributed by atoms with van der Waals surface area (Å²) in [5, 5.41) is 19.0. The van der Waals surface area contributed by atoms with E-state index in [9.17, 15) is 15.3 Å². The maximum absolute atomic E-state index is 12.8. The average molecular weight is 514 g/mol. The van der Waals surface area contributed by atoms with E-state index in [1.807, 2.05) is 37.2 Å². The van der Waals surface area contributed by atoms with Crippen molar-refractivity contribution in [2.24, 2.45) is 7.05 Å². The van der Waals surface area contributed by atoms with E-state index in [-0.39, 0.29) is 23.7 Å². The van der Waals surface area contributed by atoms with Crippen LogP contribution in [0.3, 0.4) is 0 Å². The van der Waals surface area contributed by atoms with Crippen molar-refractivity contribution in [3.05, 3.63) is 63.6 Å². The van der Waals surface area contributed by atoms with Gasteiger partial charge in [-0.05, 0) is 64.7 Å². The molecule has 0 bridgehead atoms. The molecule has 9 heteroatoms. The monoisotopic (exact) mass is 513 g/mol. The molecule has 0 saturated carbocycles. The number of aromatic nitrogens is 2. The predicted molar refractivity (Wildman–Crippen MR) is 148 cm³/mol. The molecule has 9 nitrogen and oxygen atoms in total. The molecule has 3 atom stereocenters. The fraction of sp³-hybridized carbons (Fsp3) is 0.448. The van der Waals surface area contributed by atoms with Crippen LogP contribution in [0, 0.1) is 22.7 Å². The molecule has 0 radical (unpaired) electrons. The third-order valence-corrected chi connectivity index (χ3v) is 7.43. The average Bonchev–Trinajstić information content (AvgIpc) is 2.90. The van der Waals surface area contributed by atoms with E-state index in [2.05, 4.69) is 47.7 Å². The van der Waals surface area contributed by atoms with Crippen LogP contribution < -0.4 is 15.2 Å². The van der Waals surface area contributed by atoms with Gasteiger partial charge >= 0.3 is 0 Å². The Kier molecular flexibility index (Phi) is 8.01. The van der Waals surface area contributed by atoms with Crippen molar-refractivity contribution in [3.63, 3.8) is 0 Å². The summed E-state index contributed by atoms with van der Waals surface area (Å²) in [5.41, 5.74) is 3.99.